The molecular weight excluding hydrogens is 733 g/mol. The molecule has 5 heterocycles. The van der Waals surface area contributed by atoms with E-state index in [0.29, 0.717) is 5.70 Å². The number of aromatic nitrogens is 4. The first kappa shape index (κ1) is 35.3. The van der Waals surface area contributed by atoms with E-state index >= 15 is 0 Å². The van der Waals surface area contributed by atoms with Gasteiger partial charge in [-0.05, 0) is 94.6 Å². The van der Waals surface area contributed by atoms with Gasteiger partial charge in [0.1, 0.15) is 5.82 Å². The normalized spacial score (nSPS) is 15.4. The number of dihydropyridines is 1. The minimum Gasteiger partial charge on any atom is -0.398 e. The van der Waals surface area contributed by atoms with Crippen molar-refractivity contribution in [3.8, 4) is 28.3 Å². The maximum atomic E-state index is 6.98. The molecule has 286 valence electrons. The fourth-order valence-corrected chi connectivity index (χ4v) is 8.83. The molecule has 5 aromatic carbocycles. The van der Waals surface area contributed by atoms with Gasteiger partial charge in [-0.1, -0.05) is 122 Å². The molecule has 1 unspecified atom stereocenters. The summed E-state index contributed by atoms with van der Waals surface area (Å²) in [6.07, 6.45) is 21.8. The van der Waals surface area contributed by atoms with Crippen molar-refractivity contribution in [3.63, 3.8) is 0 Å². The summed E-state index contributed by atoms with van der Waals surface area (Å²) in [5.74, 6) is 0.886. The Bertz CT molecular complexity index is 3390. The van der Waals surface area contributed by atoms with E-state index in [1.807, 2.05) is 36.7 Å². The van der Waals surface area contributed by atoms with Crippen LogP contribution in [0, 0.1) is 0 Å². The summed E-state index contributed by atoms with van der Waals surface area (Å²) in [5.41, 5.74) is 19.1. The minimum atomic E-state index is 0.179. The second kappa shape index (κ2) is 14.5. The van der Waals surface area contributed by atoms with Gasteiger partial charge in [0.25, 0.3) is 0 Å². The molecule has 0 amide bonds. The number of pyridine rings is 3. The van der Waals surface area contributed by atoms with Crippen molar-refractivity contribution in [2.75, 3.05) is 0 Å². The SMILES string of the molecule is CC/C(=C\C=C(/N)c1ccc2c(c1)c1cc(-c3ccc(-c4ccc5ccccc5n4)cn3)c3ccccc3c1n2-c1nccc2ccccc12)C1=CC=C2C=CC=CC2N1. The van der Waals surface area contributed by atoms with E-state index in [2.05, 4.69) is 169 Å². The second-order valence-electron chi connectivity index (χ2n) is 15.4. The highest BCUT2D eigenvalue weighted by molar-refractivity contribution is 6.22. The van der Waals surface area contributed by atoms with Crippen LogP contribution in [0.4, 0.5) is 0 Å². The summed E-state index contributed by atoms with van der Waals surface area (Å²) in [7, 11) is 0. The van der Waals surface area contributed by atoms with Gasteiger partial charge < -0.3 is 11.1 Å². The topological polar surface area (TPSA) is 81.7 Å². The first-order chi connectivity index (χ1) is 29.6. The average Bonchev–Trinajstić information content (AvgIpc) is 3.64. The summed E-state index contributed by atoms with van der Waals surface area (Å²) in [6, 6.07) is 44.8. The predicted molar refractivity (Wildman–Crippen MR) is 249 cm³/mol. The van der Waals surface area contributed by atoms with Crippen molar-refractivity contribution in [2.45, 2.75) is 19.4 Å². The van der Waals surface area contributed by atoms with Crippen LogP contribution in [-0.2, 0) is 0 Å². The lowest BCUT2D eigenvalue weighted by molar-refractivity contribution is 0.746. The summed E-state index contributed by atoms with van der Waals surface area (Å²) in [4.78, 5) is 15.1. The number of nitrogens with two attached hydrogens (primary N) is 1. The van der Waals surface area contributed by atoms with Crippen LogP contribution in [0.25, 0.3) is 88.3 Å². The van der Waals surface area contributed by atoms with Crippen LogP contribution < -0.4 is 11.1 Å². The molecule has 0 radical (unpaired) electrons. The zero-order chi connectivity index (χ0) is 40.2. The smallest absolute Gasteiger partial charge is 0.145 e. The van der Waals surface area contributed by atoms with E-state index < -0.39 is 0 Å². The molecule has 60 heavy (non-hydrogen) atoms. The molecular formula is C54H40N6. The molecule has 0 spiro atoms. The van der Waals surface area contributed by atoms with Gasteiger partial charge in [-0.15, -0.1) is 0 Å². The molecule has 1 atom stereocenters. The highest BCUT2D eigenvalue weighted by atomic mass is 15.1. The Labute approximate surface area is 347 Å². The lowest BCUT2D eigenvalue weighted by atomic mass is 9.95. The Balaban J connectivity index is 1.08. The zero-order valence-corrected chi connectivity index (χ0v) is 33.0. The number of nitrogens with zero attached hydrogens (tertiary/aromatic N) is 4. The van der Waals surface area contributed by atoms with Gasteiger partial charge in [0.15, 0.2) is 0 Å². The van der Waals surface area contributed by atoms with Crippen LogP contribution in [0.2, 0.25) is 0 Å². The molecule has 6 nitrogen and oxygen atoms in total. The summed E-state index contributed by atoms with van der Waals surface area (Å²) >= 11 is 0. The highest BCUT2D eigenvalue weighted by Gasteiger charge is 2.21. The van der Waals surface area contributed by atoms with Crippen LogP contribution in [0.15, 0.2) is 205 Å². The highest BCUT2D eigenvalue weighted by Crippen LogP contribution is 2.42. The molecule has 0 saturated heterocycles. The lowest BCUT2D eigenvalue weighted by Gasteiger charge is -2.26. The van der Waals surface area contributed by atoms with Gasteiger partial charge in [0.2, 0.25) is 0 Å². The van der Waals surface area contributed by atoms with Crippen LogP contribution in [0.1, 0.15) is 18.9 Å². The first-order valence-corrected chi connectivity index (χ1v) is 20.5. The molecule has 4 aromatic heterocycles. The lowest BCUT2D eigenvalue weighted by Crippen LogP contribution is -2.31. The maximum Gasteiger partial charge on any atom is 0.145 e. The predicted octanol–water partition coefficient (Wildman–Crippen LogP) is 12.3. The Morgan fingerprint density at radius 2 is 1.53 bits per heavy atom. The Morgan fingerprint density at radius 3 is 2.40 bits per heavy atom. The van der Waals surface area contributed by atoms with Crippen molar-refractivity contribution in [1.29, 1.82) is 0 Å². The summed E-state index contributed by atoms with van der Waals surface area (Å²) < 4.78 is 2.33. The number of hydrogen-bond donors (Lipinski definition) is 2. The van der Waals surface area contributed by atoms with Gasteiger partial charge in [-0.2, -0.15) is 0 Å². The Hall–Kier alpha value is -7.83. The van der Waals surface area contributed by atoms with Gasteiger partial charge in [0, 0.05) is 61.8 Å². The molecule has 2 aliphatic rings. The third-order valence-electron chi connectivity index (χ3n) is 11.9. The monoisotopic (exact) mass is 772 g/mol. The molecule has 9 aromatic rings. The van der Waals surface area contributed by atoms with E-state index in [9.17, 15) is 0 Å². The van der Waals surface area contributed by atoms with Gasteiger partial charge in [-0.25, -0.2) is 9.97 Å². The van der Waals surface area contributed by atoms with Crippen molar-refractivity contribution in [1.82, 2.24) is 24.8 Å². The number of rotatable bonds is 7. The van der Waals surface area contributed by atoms with E-state index in [-0.39, 0.29) is 6.04 Å². The minimum absolute atomic E-state index is 0.179. The summed E-state index contributed by atoms with van der Waals surface area (Å²) in [5, 5.41) is 11.4. The number of allylic oxidation sites excluding steroid dienone is 7. The molecule has 11 rings (SSSR count). The van der Waals surface area contributed by atoms with E-state index in [4.69, 9.17) is 20.7 Å². The van der Waals surface area contributed by atoms with Crippen molar-refractivity contribution >= 4 is 60.0 Å². The number of hydrogen-bond acceptors (Lipinski definition) is 5. The molecule has 1 aliphatic heterocycles. The molecule has 1 aliphatic carbocycles. The van der Waals surface area contributed by atoms with Gasteiger partial charge in [-0.3, -0.25) is 9.55 Å². The quantitative estimate of drug-likeness (QED) is 0.158. The standard InChI is InChI=1S/C54H40N6/c1-2-34(49-25-20-36-12-4-9-17-47(36)58-49)19-24-46(55)38-23-28-52-44(31-38)45-32-43(51-27-22-39(33-57-51)50-26-21-37-13-5-10-18-48(37)59-50)41-15-7-8-16-42(41)53(45)60(52)54-40-14-6-3-11-35(40)29-30-56-54/h3-33,47,58H,2,55H2,1H3/b34-19+,46-24-. The van der Waals surface area contributed by atoms with E-state index in [1.165, 1.54) is 11.1 Å². The summed E-state index contributed by atoms with van der Waals surface area (Å²) in [6.45, 7) is 2.18. The fourth-order valence-electron chi connectivity index (χ4n) is 8.83. The van der Waals surface area contributed by atoms with Crippen molar-refractivity contribution in [3.05, 3.63) is 211 Å². The zero-order valence-electron chi connectivity index (χ0n) is 33.0. The number of benzene rings is 5. The van der Waals surface area contributed by atoms with Crippen LogP contribution in [-0.4, -0.2) is 25.6 Å². The van der Waals surface area contributed by atoms with E-state index in [0.717, 1.165) is 100 Å². The van der Waals surface area contributed by atoms with Crippen LogP contribution in [0.5, 0.6) is 0 Å². The van der Waals surface area contributed by atoms with Gasteiger partial charge in [0.05, 0.1) is 34.0 Å². The van der Waals surface area contributed by atoms with Crippen LogP contribution in [0.3, 0.4) is 0 Å². The third-order valence-corrected chi connectivity index (χ3v) is 11.9. The van der Waals surface area contributed by atoms with E-state index in [1.54, 1.807) is 0 Å². The molecule has 3 N–H and O–H groups in total. The Morgan fingerprint density at radius 1 is 0.717 bits per heavy atom. The third kappa shape index (κ3) is 6.00. The second-order valence-corrected chi connectivity index (χ2v) is 15.4. The molecule has 0 saturated carbocycles. The average molecular weight is 773 g/mol. The molecule has 6 heteroatoms. The van der Waals surface area contributed by atoms with Crippen molar-refractivity contribution < 1.29 is 0 Å². The van der Waals surface area contributed by atoms with Crippen molar-refractivity contribution in [2.24, 2.45) is 5.73 Å². The number of nitrogens with one attached hydrogen (secondary N) is 1. The Kier molecular flexibility index (Phi) is 8.55. The van der Waals surface area contributed by atoms with Gasteiger partial charge >= 0.3 is 0 Å². The first-order valence-electron chi connectivity index (χ1n) is 20.5. The molecule has 0 bridgehead atoms. The van der Waals surface area contributed by atoms with Crippen LogP contribution >= 0.6 is 0 Å². The number of para-hydroxylation sites is 1. The largest absolute Gasteiger partial charge is 0.398 e. The fraction of sp³-hybridized carbons (Fsp3) is 0.0556. The number of fused-ring (bicyclic) bond motifs is 8. The molecule has 0 fully saturated rings. The maximum absolute atomic E-state index is 6.98.